The van der Waals surface area contributed by atoms with E-state index in [0.717, 1.165) is 6.42 Å². The molecule has 0 saturated heterocycles. The molecule has 2 aromatic rings. The standard InChI is InChI=1S/C21H24FN3O4/c1-4-29-17-9-16(17)24-19(26)14-8-15(20(27)23-3)21(28)25(11-14)10-13-7-5-6-12(2)18(13)22/h5-8,11,16-17H,4,9-10H2,1-3H3,(H,23,27)(H,24,26). The Morgan fingerprint density at radius 2 is 2.07 bits per heavy atom. The van der Waals surface area contributed by atoms with Gasteiger partial charge in [0.2, 0.25) is 0 Å². The molecule has 2 amide bonds. The van der Waals surface area contributed by atoms with Crippen LogP contribution in [0, 0.1) is 12.7 Å². The van der Waals surface area contributed by atoms with Crippen molar-refractivity contribution >= 4 is 11.8 Å². The maximum Gasteiger partial charge on any atom is 0.263 e. The summed E-state index contributed by atoms with van der Waals surface area (Å²) in [5.74, 6) is -1.45. The van der Waals surface area contributed by atoms with Gasteiger partial charge in [-0.15, -0.1) is 0 Å². The molecule has 2 N–H and O–H groups in total. The van der Waals surface area contributed by atoms with Gasteiger partial charge in [-0.05, 0) is 31.9 Å². The number of hydrogen-bond acceptors (Lipinski definition) is 4. The molecule has 29 heavy (non-hydrogen) atoms. The molecule has 0 aliphatic heterocycles. The second-order valence-corrected chi connectivity index (χ2v) is 7.01. The molecule has 1 aliphatic rings. The lowest BCUT2D eigenvalue weighted by atomic mass is 10.1. The molecule has 154 valence electrons. The maximum atomic E-state index is 14.4. The van der Waals surface area contributed by atoms with Crippen LogP contribution in [0.5, 0.6) is 0 Å². The number of nitrogens with one attached hydrogen (secondary N) is 2. The van der Waals surface area contributed by atoms with Gasteiger partial charge in [-0.1, -0.05) is 18.2 Å². The molecule has 1 aromatic heterocycles. The van der Waals surface area contributed by atoms with Gasteiger partial charge >= 0.3 is 0 Å². The summed E-state index contributed by atoms with van der Waals surface area (Å²) in [6, 6.07) is 6.05. The minimum Gasteiger partial charge on any atom is -0.376 e. The van der Waals surface area contributed by atoms with Gasteiger partial charge in [0.25, 0.3) is 17.4 Å². The van der Waals surface area contributed by atoms with E-state index in [2.05, 4.69) is 10.6 Å². The zero-order valence-electron chi connectivity index (χ0n) is 16.6. The Labute approximate surface area is 167 Å². The first-order valence-electron chi connectivity index (χ1n) is 9.48. The van der Waals surface area contributed by atoms with Gasteiger partial charge in [-0.25, -0.2) is 4.39 Å². The van der Waals surface area contributed by atoms with E-state index >= 15 is 0 Å². The van der Waals surface area contributed by atoms with Crippen LogP contribution in [0.2, 0.25) is 0 Å². The Kier molecular flexibility index (Phi) is 6.12. The lowest BCUT2D eigenvalue weighted by Gasteiger charge is -2.13. The average molecular weight is 401 g/mol. The van der Waals surface area contributed by atoms with Crippen molar-refractivity contribution in [2.24, 2.45) is 0 Å². The highest BCUT2D eigenvalue weighted by Crippen LogP contribution is 2.25. The summed E-state index contributed by atoms with van der Waals surface area (Å²) in [6.45, 7) is 3.98. The molecule has 1 fully saturated rings. The molecule has 2 atom stereocenters. The average Bonchev–Trinajstić information content (AvgIpc) is 3.43. The molecule has 1 saturated carbocycles. The number of nitrogens with zero attached hydrogens (tertiary/aromatic N) is 1. The van der Waals surface area contributed by atoms with Gasteiger partial charge in [0.15, 0.2) is 0 Å². The van der Waals surface area contributed by atoms with Gasteiger partial charge < -0.3 is 19.9 Å². The third-order valence-electron chi connectivity index (χ3n) is 4.86. The molecule has 8 heteroatoms. The fraction of sp³-hybridized carbons (Fsp3) is 0.381. The summed E-state index contributed by atoms with van der Waals surface area (Å²) in [7, 11) is 1.40. The Bertz CT molecular complexity index is 1000. The van der Waals surface area contributed by atoms with Crippen LogP contribution in [0.4, 0.5) is 4.39 Å². The van der Waals surface area contributed by atoms with Crippen molar-refractivity contribution in [2.75, 3.05) is 13.7 Å². The zero-order valence-corrected chi connectivity index (χ0v) is 16.6. The van der Waals surface area contributed by atoms with E-state index in [1.165, 1.54) is 23.9 Å². The molecule has 2 unspecified atom stereocenters. The molecule has 0 bridgehead atoms. The van der Waals surface area contributed by atoms with Gasteiger partial charge in [-0.3, -0.25) is 14.4 Å². The number of halogens is 1. The van der Waals surface area contributed by atoms with Gasteiger partial charge in [0.05, 0.1) is 24.3 Å². The van der Waals surface area contributed by atoms with Gasteiger partial charge in [-0.2, -0.15) is 0 Å². The van der Waals surface area contributed by atoms with E-state index in [1.807, 2.05) is 6.92 Å². The van der Waals surface area contributed by atoms with Crippen molar-refractivity contribution in [3.8, 4) is 0 Å². The predicted octanol–water partition coefficient (Wildman–Crippen LogP) is 1.61. The van der Waals surface area contributed by atoms with E-state index in [1.54, 1.807) is 25.1 Å². The maximum absolute atomic E-state index is 14.4. The first-order chi connectivity index (χ1) is 13.8. The molecule has 3 rings (SSSR count). The molecule has 0 spiro atoms. The normalized spacial score (nSPS) is 17.7. The number of benzene rings is 1. The molecule has 1 heterocycles. The number of carbonyl (C=O) groups excluding carboxylic acids is 2. The molecule has 7 nitrogen and oxygen atoms in total. The highest BCUT2D eigenvalue weighted by molar-refractivity contribution is 5.99. The van der Waals surface area contributed by atoms with Crippen molar-refractivity contribution in [1.82, 2.24) is 15.2 Å². The van der Waals surface area contributed by atoms with Crippen molar-refractivity contribution in [3.05, 3.63) is 68.9 Å². The van der Waals surface area contributed by atoms with Crippen molar-refractivity contribution in [1.29, 1.82) is 0 Å². The van der Waals surface area contributed by atoms with Crippen LogP contribution in [0.15, 0.2) is 35.3 Å². The SMILES string of the molecule is CCOC1CC1NC(=O)c1cc(C(=O)NC)c(=O)n(Cc2cccc(C)c2F)c1. The number of aromatic nitrogens is 1. The van der Waals surface area contributed by atoms with Crippen LogP contribution in [0.25, 0.3) is 0 Å². The number of pyridine rings is 1. The monoisotopic (exact) mass is 401 g/mol. The quantitative estimate of drug-likeness (QED) is 0.738. The van der Waals surface area contributed by atoms with E-state index in [9.17, 15) is 18.8 Å². The van der Waals surface area contributed by atoms with Crippen molar-refractivity contribution < 1.29 is 18.7 Å². The smallest absolute Gasteiger partial charge is 0.263 e. The van der Waals surface area contributed by atoms with Crippen LogP contribution < -0.4 is 16.2 Å². The van der Waals surface area contributed by atoms with Crippen LogP contribution in [0.3, 0.4) is 0 Å². The summed E-state index contributed by atoms with van der Waals surface area (Å²) >= 11 is 0. The largest absolute Gasteiger partial charge is 0.376 e. The highest BCUT2D eigenvalue weighted by atomic mass is 19.1. The number of carbonyl (C=O) groups is 2. The zero-order chi connectivity index (χ0) is 21.1. The molecular weight excluding hydrogens is 377 g/mol. The first kappa shape index (κ1) is 20.7. The van der Waals surface area contributed by atoms with Crippen LogP contribution in [-0.2, 0) is 11.3 Å². The van der Waals surface area contributed by atoms with Crippen LogP contribution in [0.1, 0.15) is 45.2 Å². The fourth-order valence-electron chi connectivity index (χ4n) is 3.16. The molecule has 1 aromatic carbocycles. The van der Waals surface area contributed by atoms with E-state index in [-0.39, 0.29) is 29.8 Å². The van der Waals surface area contributed by atoms with E-state index < -0.39 is 23.2 Å². The predicted molar refractivity (Wildman–Crippen MR) is 106 cm³/mol. The summed E-state index contributed by atoms with van der Waals surface area (Å²) in [6.07, 6.45) is 2.05. The number of amides is 2. The number of aryl methyl sites for hydroxylation is 1. The fourth-order valence-corrected chi connectivity index (χ4v) is 3.16. The molecule has 0 radical (unpaired) electrons. The topological polar surface area (TPSA) is 89.4 Å². The minimum absolute atomic E-state index is 0.0188. The van der Waals surface area contributed by atoms with E-state index in [4.69, 9.17) is 4.74 Å². The molecular formula is C21H24FN3O4. The Morgan fingerprint density at radius 1 is 1.31 bits per heavy atom. The summed E-state index contributed by atoms with van der Waals surface area (Å²) in [5.41, 5.74) is 0.127. The van der Waals surface area contributed by atoms with Crippen LogP contribution >= 0.6 is 0 Å². The molecule has 1 aliphatic carbocycles. The third kappa shape index (κ3) is 4.54. The number of hydrogen-bond donors (Lipinski definition) is 2. The van der Waals surface area contributed by atoms with Gasteiger partial charge in [0, 0.05) is 25.4 Å². The third-order valence-corrected chi connectivity index (χ3v) is 4.86. The number of rotatable bonds is 7. The van der Waals surface area contributed by atoms with Crippen LogP contribution in [-0.4, -0.2) is 42.2 Å². The first-order valence-corrected chi connectivity index (χ1v) is 9.48. The second-order valence-electron chi connectivity index (χ2n) is 7.01. The Morgan fingerprint density at radius 3 is 2.76 bits per heavy atom. The number of ether oxygens (including phenoxy) is 1. The Balaban J connectivity index is 1.94. The summed E-state index contributed by atoms with van der Waals surface area (Å²) in [5, 5.41) is 5.23. The minimum atomic E-state index is -0.610. The summed E-state index contributed by atoms with van der Waals surface area (Å²) < 4.78 is 21.0. The van der Waals surface area contributed by atoms with Gasteiger partial charge in [0.1, 0.15) is 11.4 Å². The lowest BCUT2D eigenvalue weighted by molar-refractivity contribution is 0.0914. The lowest BCUT2D eigenvalue weighted by Crippen LogP contribution is -2.35. The van der Waals surface area contributed by atoms with E-state index in [0.29, 0.717) is 17.7 Å². The van der Waals surface area contributed by atoms with Crippen molar-refractivity contribution in [2.45, 2.75) is 39.0 Å². The van der Waals surface area contributed by atoms with Crippen molar-refractivity contribution in [3.63, 3.8) is 0 Å². The second kappa shape index (κ2) is 8.57. The Hall–Kier alpha value is -3.00. The summed E-state index contributed by atoms with van der Waals surface area (Å²) in [4.78, 5) is 37.6. The highest BCUT2D eigenvalue weighted by Gasteiger charge is 2.39.